The Hall–Kier alpha value is -1.49. The van der Waals surface area contributed by atoms with Crippen molar-refractivity contribution in [2.45, 2.75) is 31.7 Å². The van der Waals surface area contributed by atoms with E-state index < -0.39 is 11.6 Å². The average Bonchev–Trinajstić information content (AvgIpc) is 2.74. The molecule has 5 heteroatoms. The van der Waals surface area contributed by atoms with E-state index in [9.17, 15) is 8.78 Å². The van der Waals surface area contributed by atoms with Gasteiger partial charge in [-0.05, 0) is 32.7 Å². The van der Waals surface area contributed by atoms with E-state index in [4.69, 9.17) is 0 Å². The molecular formula is C13H15F2N3. The van der Waals surface area contributed by atoms with Crippen LogP contribution in [0.25, 0.3) is 11.0 Å². The lowest BCUT2D eigenvalue weighted by molar-refractivity contribution is 0.271. The van der Waals surface area contributed by atoms with Gasteiger partial charge in [0.2, 0.25) is 0 Å². The van der Waals surface area contributed by atoms with E-state index >= 15 is 0 Å². The van der Waals surface area contributed by atoms with Crippen LogP contribution in [0.15, 0.2) is 12.1 Å². The number of fused-ring (bicyclic) bond motifs is 1. The van der Waals surface area contributed by atoms with Gasteiger partial charge in [-0.3, -0.25) is 0 Å². The zero-order valence-corrected chi connectivity index (χ0v) is 10.2. The maximum absolute atomic E-state index is 13.2. The molecule has 3 nitrogen and oxygen atoms in total. The molecule has 2 N–H and O–H groups in total. The lowest BCUT2D eigenvalue weighted by atomic mass is 9.90. The number of hydrogen-bond donors (Lipinski definition) is 2. The van der Waals surface area contributed by atoms with Crippen LogP contribution in [0.1, 0.15) is 32.0 Å². The fraction of sp³-hybridized carbons (Fsp3) is 0.462. The third-order valence-electron chi connectivity index (χ3n) is 3.67. The molecule has 1 unspecified atom stereocenters. The standard InChI is InChI=1S/C13H15F2N3/c1-13(4-2-3-5-16-13)12-17-10-6-8(14)9(15)7-11(10)18-12/h6-7,16H,2-5H2,1H3,(H,17,18). The summed E-state index contributed by atoms with van der Waals surface area (Å²) in [6, 6.07) is 2.30. The fourth-order valence-electron chi connectivity index (χ4n) is 2.52. The summed E-state index contributed by atoms with van der Waals surface area (Å²) >= 11 is 0. The van der Waals surface area contributed by atoms with E-state index in [1.807, 2.05) is 0 Å². The van der Waals surface area contributed by atoms with Crippen LogP contribution in [-0.2, 0) is 5.54 Å². The normalized spacial score (nSPS) is 24.6. The molecule has 18 heavy (non-hydrogen) atoms. The molecule has 1 atom stereocenters. The molecule has 1 aliphatic rings. The van der Waals surface area contributed by atoms with Gasteiger partial charge < -0.3 is 10.3 Å². The Kier molecular flexibility index (Phi) is 2.59. The van der Waals surface area contributed by atoms with Crippen LogP contribution in [0.5, 0.6) is 0 Å². The van der Waals surface area contributed by atoms with Gasteiger partial charge in [0, 0.05) is 12.1 Å². The Bertz CT molecular complexity index is 546. The minimum absolute atomic E-state index is 0.232. The summed E-state index contributed by atoms with van der Waals surface area (Å²) < 4.78 is 26.3. The first-order chi connectivity index (χ1) is 8.58. The molecule has 1 aromatic heterocycles. The van der Waals surface area contributed by atoms with E-state index in [1.54, 1.807) is 0 Å². The van der Waals surface area contributed by atoms with Crippen molar-refractivity contribution in [2.24, 2.45) is 0 Å². The minimum Gasteiger partial charge on any atom is -0.340 e. The molecular weight excluding hydrogens is 236 g/mol. The van der Waals surface area contributed by atoms with E-state index in [2.05, 4.69) is 22.2 Å². The topological polar surface area (TPSA) is 40.7 Å². The molecule has 2 aromatic rings. The number of piperidine rings is 1. The Labute approximate surface area is 104 Å². The molecule has 0 saturated carbocycles. The summed E-state index contributed by atoms with van der Waals surface area (Å²) in [5, 5.41) is 3.42. The summed E-state index contributed by atoms with van der Waals surface area (Å²) in [6.07, 6.45) is 3.25. The first-order valence-electron chi connectivity index (χ1n) is 6.19. The van der Waals surface area contributed by atoms with E-state index in [-0.39, 0.29) is 5.54 Å². The smallest absolute Gasteiger partial charge is 0.161 e. The third kappa shape index (κ3) is 1.79. The van der Waals surface area contributed by atoms with Gasteiger partial charge in [-0.2, -0.15) is 0 Å². The number of halogens is 2. The highest BCUT2D eigenvalue weighted by Gasteiger charge is 2.31. The molecule has 1 saturated heterocycles. The SMILES string of the molecule is CC1(c2nc3cc(F)c(F)cc3[nH]2)CCCCN1. The van der Waals surface area contributed by atoms with Crippen molar-refractivity contribution in [1.29, 1.82) is 0 Å². The van der Waals surface area contributed by atoms with Crippen molar-refractivity contribution in [1.82, 2.24) is 15.3 Å². The molecule has 2 heterocycles. The highest BCUT2D eigenvalue weighted by Crippen LogP contribution is 2.29. The van der Waals surface area contributed by atoms with Crippen molar-refractivity contribution in [3.63, 3.8) is 0 Å². The van der Waals surface area contributed by atoms with Crippen LogP contribution in [0.2, 0.25) is 0 Å². The van der Waals surface area contributed by atoms with Crippen LogP contribution in [0, 0.1) is 11.6 Å². The second-order valence-corrected chi connectivity index (χ2v) is 5.08. The molecule has 96 valence electrons. The molecule has 1 aliphatic heterocycles. The number of H-pyrrole nitrogens is 1. The van der Waals surface area contributed by atoms with Crippen LogP contribution >= 0.6 is 0 Å². The number of aromatic amines is 1. The number of aromatic nitrogens is 2. The first kappa shape index (κ1) is 11.6. The largest absolute Gasteiger partial charge is 0.340 e. The lowest BCUT2D eigenvalue weighted by Gasteiger charge is -2.33. The monoisotopic (exact) mass is 251 g/mol. The average molecular weight is 251 g/mol. The predicted octanol–water partition coefficient (Wildman–Crippen LogP) is 2.83. The Morgan fingerprint density at radius 1 is 1.22 bits per heavy atom. The maximum Gasteiger partial charge on any atom is 0.161 e. The van der Waals surface area contributed by atoms with E-state index in [0.29, 0.717) is 11.0 Å². The first-order valence-corrected chi connectivity index (χ1v) is 6.19. The Morgan fingerprint density at radius 2 is 2.00 bits per heavy atom. The number of nitrogens with one attached hydrogen (secondary N) is 2. The lowest BCUT2D eigenvalue weighted by Crippen LogP contribution is -2.44. The number of benzene rings is 1. The van der Waals surface area contributed by atoms with Crippen molar-refractivity contribution in [3.8, 4) is 0 Å². The van der Waals surface area contributed by atoms with Gasteiger partial charge in [-0.1, -0.05) is 0 Å². The van der Waals surface area contributed by atoms with Gasteiger partial charge in [-0.25, -0.2) is 13.8 Å². The molecule has 3 rings (SSSR count). The van der Waals surface area contributed by atoms with Crippen LogP contribution < -0.4 is 5.32 Å². The second-order valence-electron chi connectivity index (χ2n) is 5.08. The van der Waals surface area contributed by atoms with Crippen LogP contribution in [0.3, 0.4) is 0 Å². The summed E-state index contributed by atoms with van der Waals surface area (Å²) in [6.45, 7) is 3.01. The highest BCUT2D eigenvalue weighted by atomic mass is 19.2. The Morgan fingerprint density at radius 3 is 2.72 bits per heavy atom. The second kappa shape index (κ2) is 4.02. The van der Waals surface area contributed by atoms with E-state index in [1.165, 1.54) is 0 Å². The zero-order valence-electron chi connectivity index (χ0n) is 10.2. The summed E-state index contributed by atoms with van der Waals surface area (Å²) in [7, 11) is 0. The zero-order chi connectivity index (χ0) is 12.8. The summed E-state index contributed by atoms with van der Waals surface area (Å²) in [5.41, 5.74) is 0.777. The van der Waals surface area contributed by atoms with Crippen LogP contribution in [-0.4, -0.2) is 16.5 Å². The predicted molar refractivity (Wildman–Crippen MR) is 65.2 cm³/mol. The van der Waals surface area contributed by atoms with Gasteiger partial charge in [0.05, 0.1) is 16.6 Å². The van der Waals surface area contributed by atoms with Gasteiger partial charge in [0.1, 0.15) is 5.82 Å². The van der Waals surface area contributed by atoms with E-state index in [0.717, 1.165) is 43.8 Å². The molecule has 0 aliphatic carbocycles. The summed E-state index contributed by atoms with van der Waals surface area (Å²) in [4.78, 5) is 7.48. The fourth-order valence-corrected chi connectivity index (χ4v) is 2.52. The van der Waals surface area contributed by atoms with Crippen molar-refractivity contribution in [3.05, 3.63) is 29.6 Å². The molecule has 0 bridgehead atoms. The highest BCUT2D eigenvalue weighted by molar-refractivity contribution is 5.75. The van der Waals surface area contributed by atoms with Gasteiger partial charge in [0.15, 0.2) is 11.6 Å². The van der Waals surface area contributed by atoms with Gasteiger partial charge in [0.25, 0.3) is 0 Å². The quantitative estimate of drug-likeness (QED) is 0.818. The maximum atomic E-state index is 13.2. The molecule has 0 amide bonds. The molecule has 1 aromatic carbocycles. The Balaban J connectivity index is 2.07. The number of nitrogens with zero attached hydrogens (tertiary/aromatic N) is 1. The van der Waals surface area contributed by atoms with Crippen molar-refractivity contribution < 1.29 is 8.78 Å². The minimum atomic E-state index is -0.859. The number of rotatable bonds is 1. The van der Waals surface area contributed by atoms with Gasteiger partial charge >= 0.3 is 0 Å². The molecule has 0 spiro atoms. The molecule has 1 fully saturated rings. The summed E-state index contributed by atoms with van der Waals surface area (Å²) in [5.74, 6) is -0.955. The molecule has 0 radical (unpaired) electrons. The number of imidazole rings is 1. The van der Waals surface area contributed by atoms with Crippen molar-refractivity contribution >= 4 is 11.0 Å². The third-order valence-corrected chi connectivity index (χ3v) is 3.67. The number of hydrogen-bond acceptors (Lipinski definition) is 2. The van der Waals surface area contributed by atoms with Crippen LogP contribution in [0.4, 0.5) is 8.78 Å². The van der Waals surface area contributed by atoms with Crippen molar-refractivity contribution in [2.75, 3.05) is 6.54 Å². The van der Waals surface area contributed by atoms with Gasteiger partial charge in [-0.15, -0.1) is 0 Å².